The third kappa shape index (κ3) is 4.05. The van der Waals surface area contributed by atoms with Gasteiger partial charge in [-0.1, -0.05) is 0 Å². The number of amides is 1. The highest BCUT2D eigenvalue weighted by atomic mass is 32.2. The van der Waals surface area contributed by atoms with Crippen LogP contribution in [-0.4, -0.2) is 31.6 Å². The Morgan fingerprint density at radius 2 is 1.96 bits per heavy atom. The molecule has 128 valence electrons. The number of pyridine rings is 1. The third-order valence-electron chi connectivity index (χ3n) is 3.18. The van der Waals surface area contributed by atoms with E-state index < -0.39 is 33.6 Å². The van der Waals surface area contributed by atoms with E-state index in [1.54, 1.807) is 12.1 Å². The molecule has 24 heavy (non-hydrogen) atoms. The van der Waals surface area contributed by atoms with Crippen molar-refractivity contribution in [2.75, 3.05) is 15.9 Å². The molecular weight excluding hydrogens is 340 g/mol. The number of nitrogens with one attached hydrogen (secondary N) is 1. The topological polar surface area (TPSA) is 79.4 Å². The van der Waals surface area contributed by atoms with Crippen molar-refractivity contribution in [1.29, 1.82) is 0 Å². The molecule has 2 rings (SSSR count). The summed E-state index contributed by atoms with van der Waals surface area (Å²) in [7, 11) is -3.92. The standard InChI is InChI=1S/C15H15F2N3O3S/c1-10(15(21)19-11-4-3-7-18-9-11)20(24(2,22)23)12-5-6-13(16)14(17)8-12/h3-10H,1-2H3,(H,19,21)/t10-/m0/s1. The van der Waals surface area contributed by atoms with Gasteiger partial charge in [0.2, 0.25) is 15.9 Å². The average molecular weight is 355 g/mol. The number of anilines is 2. The van der Waals surface area contributed by atoms with E-state index in [9.17, 15) is 22.0 Å². The second-order valence-corrected chi connectivity index (χ2v) is 6.92. The zero-order valence-corrected chi connectivity index (χ0v) is 13.7. The maximum atomic E-state index is 13.4. The first-order valence-electron chi connectivity index (χ1n) is 6.85. The first-order chi connectivity index (χ1) is 11.2. The molecule has 1 amide bonds. The number of carbonyl (C=O) groups excluding carboxylic acids is 1. The Morgan fingerprint density at radius 1 is 1.25 bits per heavy atom. The summed E-state index contributed by atoms with van der Waals surface area (Å²) in [6, 6.07) is 4.61. The molecule has 2 aromatic rings. The van der Waals surface area contributed by atoms with Crippen molar-refractivity contribution >= 4 is 27.3 Å². The number of nitrogens with zero attached hydrogens (tertiary/aromatic N) is 2. The van der Waals surface area contributed by atoms with Crippen molar-refractivity contribution in [3.05, 3.63) is 54.4 Å². The minimum Gasteiger partial charge on any atom is -0.323 e. The van der Waals surface area contributed by atoms with E-state index in [1.807, 2.05) is 0 Å². The minimum atomic E-state index is -3.92. The highest BCUT2D eigenvalue weighted by molar-refractivity contribution is 7.92. The largest absolute Gasteiger partial charge is 0.323 e. The van der Waals surface area contributed by atoms with Gasteiger partial charge in [-0.05, 0) is 31.2 Å². The number of aromatic nitrogens is 1. The lowest BCUT2D eigenvalue weighted by atomic mass is 10.2. The molecule has 1 aromatic carbocycles. The number of rotatable bonds is 5. The van der Waals surface area contributed by atoms with Crippen molar-refractivity contribution in [3.8, 4) is 0 Å². The molecule has 6 nitrogen and oxygen atoms in total. The van der Waals surface area contributed by atoms with E-state index in [-0.39, 0.29) is 5.69 Å². The number of benzene rings is 1. The molecule has 1 heterocycles. The molecule has 0 fully saturated rings. The van der Waals surface area contributed by atoms with Crippen LogP contribution in [0.4, 0.5) is 20.2 Å². The molecule has 0 aliphatic heterocycles. The van der Waals surface area contributed by atoms with Crippen LogP contribution in [-0.2, 0) is 14.8 Å². The second kappa shape index (κ2) is 6.91. The molecule has 1 atom stereocenters. The van der Waals surface area contributed by atoms with Gasteiger partial charge in [0.1, 0.15) is 6.04 Å². The van der Waals surface area contributed by atoms with Gasteiger partial charge >= 0.3 is 0 Å². The van der Waals surface area contributed by atoms with E-state index in [1.165, 1.54) is 19.3 Å². The van der Waals surface area contributed by atoms with Crippen LogP contribution in [0.25, 0.3) is 0 Å². The Balaban J connectivity index is 2.34. The lowest BCUT2D eigenvalue weighted by Gasteiger charge is -2.28. The number of hydrogen-bond donors (Lipinski definition) is 1. The van der Waals surface area contributed by atoms with Crippen LogP contribution >= 0.6 is 0 Å². The second-order valence-electron chi connectivity index (χ2n) is 5.06. The lowest BCUT2D eigenvalue weighted by Crippen LogP contribution is -2.45. The summed E-state index contributed by atoms with van der Waals surface area (Å²) in [5, 5.41) is 2.51. The summed E-state index contributed by atoms with van der Waals surface area (Å²) < 4.78 is 51.3. The Kier molecular flexibility index (Phi) is 5.13. The van der Waals surface area contributed by atoms with Crippen molar-refractivity contribution in [2.45, 2.75) is 13.0 Å². The monoisotopic (exact) mass is 355 g/mol. The molecule has 0 radical (unpaired) electrons. The smallest absolute Gasteiger partial charge is 0.248 e. The number of halogens is 2. The van der Waals surface area contributed by atoms with Crippen molar-refractivity contribution in [2.24, 2.45) is 0 Å². The van der Waals surface area contributed by atoms with Crippen LogP contribution in [0.5, 0.6) is 0 Å². The molecule has 1 aromatic heterocycles. The zero-order valence-electron chi connectivity index (χ0n) is 12.9. The fourth-order valence-electron chi connectivity index (χ4n) is 2.11. The summed E-state index contributed by atoms with van der Waals surface area (Å²) in [6.45, 7) is 1.34. The van der Waals surface area contributed by atoms with E-state index in [4.69, 9.17) is 0 Å². The van der Waals surface area contributed by atoms with Gasteiger partial charge in [0.05, 0.1) is 23.8 Å². The molecule has 0 bridgehead atoms. The van der Waals surface area contributed by atoms with Crippen LogP contribution < -0.4 is 9.62 Å². The summed E-state index contributed by atoms with van der Waals surface area (Å²) >= 11 is 0. The summed E-state index contributed by atoms with van der Waals surface area (Å²) in [4.78, 5) is 16.1. The minimum absolute atomic E-state index is 0.148. The quantitative estimate of drug-likeness (QED) is 0.891. The van der Waals surface area contributed by atoms with Gasteiger partial charge in [0.15, 0.2) is 11.6 Å². The van der Waals surface area contributed by atoms with Crippen LogP contribution in [0.15, 0.2) is 42.7 Å². The van der Waals surface area contributed by atoms with Crippen LogP contribution in [0.3, 0.4) is 0 Å². The first-order valence-corrected chi connectivity index (χ1v) is 8.70. The summed E-state index contributed by atoms with van der Waals surface area (Å²) in [5.41, 5.74) is 0.235. The van der Waals surface area contributed by atoms with E-state index >= 15 is 0 Å². The van der Waals surface area contributed by atoms with Crippen molar-refractivity contribution in [3.63, 3.8) is 0 Å². The Hall–Kier alpha value is -2.55. The van der Waals surface area contributed by atoms with Gasteiger partial charge in [-0.3, -0.25) is 14.1 Å². The first kappa shape index (κ1) is 17.8. The van der Waals surface area contributed by atoms with Gasteiger partial charge in [0, 0.05) is 12.3 Å². The lowest BCUT2D eigenvalue weighted by molar-refractivity contribution is -0.116. The van der Waals surface area contributed by atoms with Gasteiger partial charge in [-0.2, -0.15) is 0 Å². The number of hydrogen-bond acceptors (Lipinski definition) is 4. The molecule has 0 saturated carbocycles. The Bertz CT molecular complexity index is 844. The van der Waals surface area contributed by atoms with E-state index in [0.717, 1.165) is 28.8 Å². The Labute approximate surface area is 138 Å². The van der Waals surface area contributed by atoms with Crippen LogP contribution in [0, 0.1) is 11.6 Å². The van der Waals surface area contributed by atoms with Gasteiger partial charge < -0.3 is 5.32 Å². The molecule has 0 aliphatic carbocycles. The molecule has 0 saturated heterocycles. The highest BCUT2D eigenvalue weighted by Crippen LogP contribution is 2.23. The van der Waals surface area contributed by atoms with Crippen LogP contribution in [0.1, 0.15) is 6.92 Å². The number of sulfonamides is 1. The maximum Gasteiger partial charge on any atom is 0.248 e. The predicted molar refractivity (Wildman–Crippen MR) is 86.0 cm³/mol. The van der Waals surface area contributed by atoms with Crippen molar-refractivity contribution in [1.82, 2.24) is 4.98 Å². The third-order valence-corrected chi connectivity index (χ3v) is 4.42. The normalized spacial score (nSPS) is 12.5. The SMILES string of the molecule is C[C@@H](C(=O)Nc1cccnc1)N(c1ccc(F)c(F)c1)S(C)(=O)=O. The van der Waals surface area contributed by atoms with E-state index in [2.05, 4.69) is 10.3 Å². The maximum absolute atomic E-state index is 13.4. The van der Waals surface area contributed by atoms with Gasteiger partial charge in [0.25, 0.3) is 0 Å². The van der Waals surface area contributed by atoms with Gasteiger partial charge in [-0.15, -0.1) is 0 Å². The fraction of sp³-hybridized carbons (Fsp3) is 0.200. The Morgan fingerprint density at radius 3 is 2.50 bits per heavy atom. The predicted octanol–water partition coefficient (Wildman–Crippen LogP) is 2.15. The van der Waals surface area contributed by atoms with E-state index in [0.29, 0.717) is 5.69 Å². The highest BCUT2D eigenvalue weighted by Gasteiger charge is 2.29. The average Bonchev–Trinajstić information content (AvgIpc) is 2.50. The van der Waals surface area contributed by atoms with Crippen molar-refractivity contribution < 1.29 is 22.0 Å². The van der Waals surface area contributed by atoms with Gasteiger partial charge in [-0.25, -0.2) is 17.2 Å². The summed E-state index contributed by atoms with van der Waals surface area (Å²) in [5.74, 6) is -2.96. The van der Waals surface area contributed by atoms with Crippen LogP contribution in [0.2, 0.25) is 0 Å². The number of carbonyl (C=O) groups is 1. The molecule has 9 heteroatoms. The molecule has 0 spiro atoms. The zero-order chi connectivity index (χ0) is 17.9. The fourth-order valence-corrected chi connectivity index (χ4v) is 3.28. The molecule has 0 unspecified atom stereocenters. The molecular formula is C15H15F2N3O3S. The molecule has 0 aliphatic rings. The summed E-state index contributed by atoms with van der Waals surface area (Å²) in [6.07, 6.45) is 3.79. The molecule has 1 N–H and O–H groups in total.